The van der Waals surface area contributed by atoms with Crippen LogP contribution in [0, 0.1) is 5.92 Å². The summed E-state index contributed by atoms with van der Waals surface area (Å²) in [5, 5.41) is 6.00. The molecule has 0 aliphatic heterocycles. The van der Waals surface area contributed by atoms with Gasteiger partial charge in [-0.2, -0.15) is 0 Å². The first-order valence-electron chi connectivity index (χ1n) is 11.6. The molecule has 35 heavy (non-hydrogen) atoms. The van der Waals surface area contributed by atoms with Crippen LogP contribution in [0.1, 0.15) is 43.4 Å². The summed E-state index contributed by atoms with van der Waals surface area (Å²) in [6.07, 6.45) is 6.53. The molecule has 8 heteroatoms. The van der Waals surface area contributed by atoms with Crippen LogP contribution >= 0.6 is 0 Å². The zero-order valence-electron chi connectivity index (χ0n) is 20.5. The maximum absolute atomic E-state index is 12.8. The van der Waals surface area contributed by atoms with E-state index in [0.717, 1.165) is 42.9 Å². The van der Waals surface area contributed by atoms with Crippen LogP contribution in [0.2, 0.25) is 0 Å². The Balaban J connectivity index is 1.84. The molecule has 0 amide bonds. The van der Waals surface area contributed by atoms with Crippen molar-refractivity contribution in [2.75, 3.05) is 28.4 Å². The quantitative estimate of drug-likeness (QED) is 0.251. The number of hydrogen-bond donors (Lipinski definition) is 0. The van der Waals surface area contributed by atoms with E-state index >= 15 is 0 Å². The molecule has 184 valence electrons. The molecular formula is C27H30N2O6. The molecular weight excluding hydrogens is 448 g/mol. The normalized spacial score (nSPS) is 14.5. The number of rotatable bonds is 8. The third-order valence-corrected chi connectivity index (χ3v) is 6.32. The van der Waals surface area contributed by atoms with Gasteiger partial charge in [0.25, 0.3) is 0 Å². The van der Waals surface area contributed by atoms with Crippen LogP contribution in [0.15, 0.2) is 47.8 Å². The van der Waals surface area contributed by atoms with Gasteiger partial charge in [-0.25, -0.2) is 4.79 Å². The van der Waals surface area contributed by atoms with Gasteiger partial charge in [0.1, 0.15) is 11.4 Å². The molecule has 1 saturated carbocycles. The molecule has 0 bridgehead atoms. The number of carbonyl (C=O) groups is 1. The van der Waals surface area contributed by atoms with Gasteiger partial charge in [0.05, 0.1) is 34.4 Å². The van der Waals surface area contributed by atoms with Crippen molar-refractivity contribution in [3.63, 3.8) is 0 Å². The van der Waals surface area contributed by atoms with E-state index in [-0.39, 0.29) is 11.9 Å². The van der Waals surface area contributed by atoms with Crippen molar-refractivity contribution in [1.29, 1.82) is 0 Å². The molecule has 2 aromatic carbocycles. The SMILES string of the molecule is COc1ccc(C(=NOC(=O)C2CCCCC2)c2nccc3cc(OC)c(OC)cc23)cc1OC. The second kappa shape index (κ2) is 11.1. The third kappa shape index (κ3) is 5.16. The Morgan fingerprint density at radius 1 is 0.829 bits per heavy atom. The summed E-state index contributed by atoms with van der Waals surface area (Å²) in [5.41, 5.74) is 1.59. The van der Waals surface area contributed by atoms with Gasteiger partial charge in [0.15, 0.2) is 23.0 Å². The van der Waals surface area contributed by atoms with Crippen LogP contribution in [0.5, 0.6) is 23.0 Å². The van der Waals surface area contributed by atoms with Gasteiger partial charge in [-0.1, -0.05) is 24.4 Å². The average molecular weight is 479 g/mol. The lowest BCUT2D eigenvalue weighted by Crippen LogP contribution is -2.19. The Kier molecular flexibility index (Phi) is 7.70. The third-order valence-electron chi connectivity index (χ3n) is 6.32. The van der Waals surface area contributed by atoms with E-state index in [1.54, 1.807) is 46.8 Å². The highest BCUT2D eigenvalue weighted by Gasteiger charge is 2.24. The van der Waals surface area contributed by atoms with E-state index < -0.39 is 0 Å². The number of hydrogen-bond acceptors (Lipinski definition) is 8. The molecule has 0 spiro atoms. The van der Waals surface area contributed by atoms with E-state index in [1.165, 1.54) is 0 Å². The average Bonchev–Trinajstić information content (AvgIpc) is 2.92. The fourth-order valence-electron chi connectivity index (χ4n) is 4.41. The number of benzene rings is 2. The highest BCUT2D eigenvalue weighted by Crippen LogP contribution is 2.35. The smallest absolute Gasteiger partial charge is 0.338 e. The van der Waals surface area contributed by atoms with Crippen LogP contribution in [0.3, 0.4) is 0 Å². The highest BCUT2D eigenvalue weighted by atomic mass is 16.7. The van der Waals surface area contributed by atoms with Crippen LogP contribution in [0.4, 0.5) is 0 Å². The van der Waals surface area contributed by atoms with Gasteiger partial charge < -0.3 is 23.8 Å². The van der Waals surface area contributed by atoms with Gasteiger partial charge >= 0.3 is 5.97 Å². The molecule has 0 N–H and O–H groups in total. The molecule has 0 saturated heterocycles. The Bertz CT molecular complexity index is 1230. The molecule has 1 fully saturated rings. The first-order valence-corrected chi connectivity index (χ1v) is 11.6. The summed E-state index contributed by atoms with van der Waals surface area (Å²) in [5.74, 6) is 1.81. The van der Waals surface area contributed by atoms with Crippen molar-refractivity contribution in [2.24, 2.45) is 11.1 Å². The summed E-state index contributed by atoms with van der Waals surface area (Å²) in [6.45, 7) is 0. The topological polar surface area (TPSA) is 88.5 Å². The van der Waals surface area contributed by atoms with Crippen LogP contribution < -0.4 is 18.9 Å². The summed E-state index contributed by atoms with van der Waals surface area (Å²) in [6, 6.07) is 11.0. The minimum absolute atomic E-state index is 0.135. The lowest BCUT2D eigenvalue weighted by atomic mass is 9.89. The number of ether oxygens (including phenoxy) is 4. The summed E-state index contributed by atoms with van der Waals surface area (Å²) in [4.78, 5) is 22.9. The molecule has 1 aromatic heterocycles. The minimum Gasteiger partial charge on any atom is -0.493 e. The molecule has 3 aromatic rings. The number of carbonyl (C=O) groups excluding carboxylic acids is 1. The van der Waals surface area contributed by atoms with Gasteiger partial charge in [-0.3, -0.25) is 4.98 Å². The van der Waals surface area contributed by atoms with E-state index in [0.29, 0.717) is 40.0 Å². The standard InChI is InChI=1S/C27H30N2O6/c1-31-21-11-10-19(15-22(21)32-2)25(29-35-27(30)17-8-6-5-7-9-17)26-20-16-24(34-4)23(33-3)14-18(20)12-13-28-26/h10-17H,5-9H2,1-4H3. The van der Waals surface area contributed by atoms with E-state index in [4.69, 9.17) is 23.8 Å². The fraction of sp³-hybridized carbons (Fsp3) is 0.370. The zero-order chi connectivity index (χ0) is 24.8. The number of oxime groups is 1. The first-order chi connectivity index (χ1) is 17.1. The monoisotopic (exact) mass is 478 g/mol. The number of nitrogens with zero attached hydrogens (tertiary/aromatic N) is 2. The summed E-state index contributed by atoms with van der Waals surface area (Å²) >= 11 is 0. The van der Waals surface area contributed by atoms with Gasteiger partial charge in [-0.05, 0) is 54.6 Å². The maximum Gasteiger partial charge on any atom is 0.338 e. The molecule has 1 aliphatic rings. The number of methoxy groups -OCH3 is 4. The predicted molar refractivity (Wildman–Crippen MR) is 133 cm³/mol. The van der Waals surface area contributed by atoms with Crippen molar-refractivity contribution in [3.05, 3.63) is 53.9 Å². The van der Waals surface area contributed by atoms with Crippen LogP contribution in [-0.2, 0) is 9.63 Å². The Morgan fingerprint density at radius 3 is 2.17 bits per heavy atom. The lowest BCUT2D eigenvalue weighted by molar-refractivity contribution is -0.149. The molecule has 1 heterocycles. The summed E-state index contributed by atoms with van der Waals surface area (Å²) in [7, 11) is 6.31. The van der Waals surface area contributed by atoms with E-state index in [9.17, 15) is 4.79 Å². The van der Waals surface area contributed by atoms with Crippen molar-refractivity contribution < 1.29 is 28.6 Å². The van der Waals surface area contributed by atoms with Crippen LogP contribution in [-0.4, -0.2) is 45.1 Å². The summed E-state index contributed by atoms with van der Waals surface area (Å²) < 4.78 is 21.8. The molecule has 0 radical (unpaired) electrons. The molecule has 0 unspecified atom stereocenters. The van der Waals surface area contributed by atoms with Crippen molar-refractivity contribution in [2.45, 2.75) is 32.1 Å². The Labute approximate surface area is 204 Å². The molecule has 0 atom stereocenters. The molecule has 8 nitrogen and oxygen atoms in total. The second-order valence-electron chi connectivity index (χ2n) is 8.34. The first kappa shape index (κ1) is 24.3. The maximum atomic E-state index is 12.8. The van der Waals surface area contributed by atoms with Gasteiger partial charge in [0, 0.05) is 17.1 Å². The lowest BCUT2D eigenvalue weighted by Gasteiger charge is -2.18. The largest absolute Gasteiger partial charge is 0.493 e. The molecule has 4 rings (SSSR count). The Hall–Kier alpha value is -3.81. The van der Waals surface area contributed by atoms with Crippen molar-refractivity contribution in [3.8, 4) is 23.0 Å². The molecule has 1 aliphatic carbocycles. The van der Waals surface area contributed by atoms with E-state index in [1.807, 2.05) is 24.3 Å². The van der Waals surface area contributed by atoms with E-state index in [2.05, 4.69) is 10.1 Å². The second-order valence-corrected chi connectivity index (χ2v) is 8.34. The van der Waals surface area contributed by atoms with Gasteiger partial charge in [-0.15, -0.1) is 0 Å². The fourth-order valence-corrected chi connectivity index (χ4v) is 4.41. The van der Waals surface area contributed by atoms with Crippen LogP contribution in [0.25, 0.3) is 10.8 Å². The zero-order valence-corrected chi connectivity index (χ0v) is 20.5. The highest BCUT2D eigenvalue weighted by molar-refractivity contribution is 6.18. The van der Waals surface area contributed by atoms with Crippen molar-refractivity contribution >= 4 is 22.5 Å². The Morgan fingerprint density at radius 2 is 1.49 bits per heavy atom. The number of aromatic nitrogens is 1. The van der Waals surface area contributed by atoms with Crippen molar-refractivity contribution in [1.82, 2.24) is 4.98 Å². The minimum atomic E-state index is -0.317. The number of pyridine rings is 1. The number of fused-ring (bicyclic) bond motifs is 1. The van der Waals surface area contributed by atoms with Gasteiger partial charge in [0.2, 0.25) is 0 Å². The predicted octanol–water partition coefficient (Wildman–Crippen LogP) is 5.15.